The fourth-order valence-corrected chi connectivity index (χ4v) is 3.45. The lowest BCUT2D eigenvalue weighted by Crippen LogP contribution is -2.44. The highest BCUT2D eigenvalue weighted by Gasteiger charge is 2.33. The Kier molecular flexibility index (Phi) is 5.91. The molecule has 0 N–H and O–H groups in total. The second kappa shape index (κ2) is 8.20. The first-order valence-corrected chi connectivity index (χ1v) is 9.89. The molecule has 0 unspecified atom stereocenters. The maximum atomic E-state index is 12.6. The Morgan fingerprint density at radius 2 is 1.93 bits per heavy atom. The molecule has 1 aromatic carbocycles. The number of ether oxygens (including phenoxy) is 2. The molecule has 0 aliphatic carbocycles. The summed E-state index contributed by atoms with van der Waals surface area (Å²) in [5.74, 6) is 1.21. The number of nitrogens with zero attached hydrogens (tertiary/aromatic N) is 4. The molecule has 0 radical (unpaired) electrons. The van der Waals surface area contributed by atoms with E-state index in [0.29, 0.717) is 24.8 Å². The third-order valence-corrected chi connectivity index (χ3v) is 4.65. The molecular formula is C21H30N4O3. The summed E-state index contributed by atoms with van der Waals surface area (Å²) in [6, 6.07) is 7.83. The van der Waals surface area contributed by atoms with Crippen LogP contribution in [-0.4, -0.2) is 59.3 Å². The summed E-state index contributed by atoms with van der Waals surface area (Å²) in [6.45, 7) is 9.48. The van der Waals surface area contributed by atoms with E-state index < -0.39 is 5.60 Å². The molecule has 7 nitrogen and oxygen atoms in total. The van der Waals surface area contributed by atoms with Crippen molar-refractivity contribution in [1.29, 1.82) is 0 Å². The maximum absolute atomic E-state index is 12.6. The zero-order chi connectivity index (χ0) is 20.3. The minimum Gasteiger partial charge on any atom is -0.475 e. The third kappa shape index (κ3) is 4.64. The average molecular weight is 386 g/mol. The predicted octanol–water partition coefficient (Wildman–Crippen LogP) is 3.86. The van der Waals surface area contributed by atoms with Gasteiger partial charge in [0.25, 0.3) is 5.88 Å². The van der Waals surface area contributed by atoms with E-state index in [1.165, 1.54) is 0 Å². The molecule has 7 heteroatoms. The van der Waals surface area contributed by atoms with Crippen LogP contribution in [0.1, 0.15) is 40.5 Å². The molecule has 1 atom stereocenters. The number of likely N-dealkylation sites (tertiary alicyclic amines) is 1. The van der Waals surface area contributed by atoms with Crippen LogP contribution in [0.25, 0.3) is 11.0 Å². The SMILES string of the molecule is CCOc1nc2ccccc2nc1N(C)C[C@@H]1CCCN1C(=O)OC(C)(C)C. The van der Waals surface area contributed by atoms with Gasteiger partial charge in [0, 0.05) is 20.1 Å². The molecule has 1 aliphatic rings. The molecule has 0 bridgehead atoms. The molecule has 2 aromatic rings. The molecule has 1 aliphatic heterocycles. The largest absolute Gasteiger partial charge is 0.475 e. The number of hydrogen-bond donors (Lipinski definition) is 0. The van der Waals surface area contributed by atoms with E-state index in [9.17, 15) is 4.79 Å². The van der Waals surface area contributed by atoms with Crippen molar-refractivity contribution < 1.29 is 14.3 Å². The van der Waals surface area contributed by atoms with Gasteiger partial charge in [0.05, 0.1) is 23.7 Å². The number of para-hydroxylation sites is 2. The van der Waals surface area contributed by atoms with Crippen molar-refractivity contribution in [3.05, 3.63) is 24.3 Å². The first-order chi connectivity index (χ1) is 13.3. The van der Waals surface area contributed by atoms with Gasteiger partial charge in [0.1, 0.15) is 5.60 Å². The van der Waals surface area contributed by atoms with Crippen molar-refractivity contribution in [3.8, 4) is 5.88 Å². The van der Waals surface area contributed by atoms with Gasteiger partial charge >= 0.3 is 6.09 Å². The van der Waals surface area contributed by atoms with E-state index >= 15 is 0 Å². The minimum absolute atomic E-state index is 0.0718. The number of carbonyl (C=O) groups excluding carboxylic acids is 1. The number of carbonyl (C=O) groups is 1. The Morgan fingerprint density at radius 1 is 1.25 bits per heavy atom. The summed E-state index contributed by atoms with van der Waals surface area (Å²) < 4.78 is 11.3. The number of rotatable bonds is 5. The van der Waals surface area contributed by atoms with Crippen LogP contribution in [0.4, 0.5) is 10.6 Å². The average Bonchev–Trinajstić information content (AvgIpc) is 3.08. The first kappa shape index (κ1) is 20.2. The van der Waals surface area contributed by atoms with Crippen molar-refractivity contribution in [2.24, 2.45) is 0 Å². The van der Waals surface area contributed by atoms with Crippen molar-refractivity contribution >= 4 is 22.9 Å². The Morgan fingerprint density at radius 3 is 2.57 bits per heavy atom. The molecule has 3 rings (SSSR count). The molecule has 1 amide bonds. The van der Waals surface area contributed by atoms with Crippen molar-refractivity contribution in [3.63, 3.8) is 0 Å². The number of benzene rings is 1. The molecule has 1 aromatic heterocycles. The van der Waals surface area contributed by atoms with Crippen LogP contribution in [0.2, 0.25) is 0 Å². The van der Waals surface area contributed by atoms with Crippen molar-refractivity contribution in [2.45, 2.75) is 52.2 Å². The predicted molar refractivity (Wildman–Crippen MR) is 110 cm³/mol. The second-order valence-electron chi connectivity index (χ2n) is 8.12. The lowest BCUT2D eigenvalue weighted by molar-refractivity contribution is 0.0232. The van der Waals surface area contributed by atoms with E-state index in [2.05, 4.69) is 4.98 Å². The normalized spacial score (nSPS) is 17.0. The quantitative estimate of drug-likeness (QED) is 0.777. The van der Waals surface area contributed by atoms with Gasteiger partial charge in [-0.15, -0.1) is 0 Å². The Labute approximate surface area is 166 Å². The highest BCUT2D eigenvalue weighted by Crippen LogP contribution is 2.28. The summed E-state index contributed by atoms with van der Waals surface area (Å²) in [5.41, 5.74) is 1.13. The molecule has 0 spiro atoms. The smallest absolute Gasteiger partial charge is 0.410 e. The van der Waals surface area contributed by atoms with Gasteiger partial charge in [0.15, 0.2) is 5.82 Å². The fraction of sp³-hybridized carbons (Fsp3) is 0.571. The number of anilines is 1. The van der Waals surface area contributed by atoms with Crippen LogP contribution in [0.3, 0.4) is 0 Å². The van der Waals surface area contributed by atoms with Crippen molar-refractivity contribution in [2.75, 3.05) is 31.6 Å². The van der Waals surface area contributed by atoms with Crippen molar-refractivity contribution in [1.82, 2.24) is 14.9 Å². The van der Waals surface area contributed by atoms with Gasteiger partial charge in [-0.25, -0.2) is 14.8 Å². The number of hydrogen-bond acceptors (Lipinski definition) is 6. The number of aromatic nitrogens is 2. The van der Waals surface area contributed by atoms with E-state index in [0.717, 1.165) is 30.4 Å². The van der Waals surface area contributed by atoms with E-state index in [1.807, 2.05) is 68.8 Å². The van der Waals surface area contributed by atoms with E-state index in [4.69, 9.17) is 14.5 Å². The lowest BCUT2D eigenvalue weighted by Gasteiger charge is -2.31. The summed E-state index contributed by atoms with van der Waals surface area (Å²) in [7, 11) is 1.97. The first-order valence-electron chi connectivity index (χ1n) is 9.89. The standard InChI is InChI=1S/C21H30N4O3/c1-6-27-19-18(22-16-11-7-8-12-17(16)23-19)24(5)14-15-10-9-13-25(15)20(26)28-21(2,3)4/h7-8,11-12,15H,6,9-10,13-14H2,1-5H3/t15-/m0/s1. The molecule has 2 heterocycles. The minimum atomic E-state index is -0.498. The molecule has 0 saturated carbocycles. The number of amides is 1. The monoisotopic (exact) mass is 386 g/mol. The molecular weight excluding hydrogens is 356 g/mol. The number of likely N-dealkylation sites (N-methyl/N-ethyl adjacent to an activating group) is 1. The third-order valence-electron chi connectivity index (χ3n) is 4.65. The number of fused-ring (bicyclic) bond motifs is 1. The van der Waals surface area contributed by atoms with Crippen LogP contribution in [0, 0.1) is 0 Å². The van der Waals surface area contributed by atoms with Crippen LogP contribution in [0.5, 0.6) is 5.88 Å². The Balaban J connectivity index is 1.80. The second-order valence-corrected chi connectivity index (χ2v) is 8.12. The summed E-state index contributed by atoms with van der Waals surface area (Å²) in [6.07, 6.45) is 1.66. The van der Waals surface area contributed by atoms with Gasteiger partial charge < -0.3 is 19.3 Å². The Bertz CT molecular complexity index is 834. The molecule has 152 valence electrons. The zero-order valence-electron chi connectivity index (χ0n) is 17.4. The zero-order valence-corrected chi connectivity index (χ0v) is 17.4. The van der Waals surface area contributed by atoms with E-state index in [1.54, 1.807) is 0 Å². The summed E-state index contributed by atoms with van der Waals surface area (Å²) in [5, 5.41) is 0. The van der Waals surface area contributed by atoms with Crippen LogP contribution in [0.15, 0.2) is 24.3 Å². The van der Waals surface area contributed by atoms with Gasteiger partial charge in [-0.2, -0.15) is 0 Å². The van der Waals surface area contributed by atoms with Crippen LogP contribution >= 0.6 is 0 Å². The van der Waals surface area contributed by atoms with Crippen LogP contribution in [-0.2, 0) is 4.74 Å². The summed E-state index contributed by atoms with van der Waals surface area (Å²) in [4.78, 5) is 25.8. The Hall–Kier alpha value is -2.57. The fourth-order valence-electron chi connectivity index (χ4n) is 3.45. The van der Waals surface area contributed by atoms with Gasteiger partial charge in [-0.3, -0.25) is 0 Å². The lowest BCUT2D eigenvalue weighted by atomic mass is 10.2. The maximum Gasteiger partial charge on any atom is 0.410 e. The summed E-state index contributed by atoms with van der Waals surface area (Å²) >= 11 is 0. The van der Waals surface area contributed by atoms with E-state index in [-0.39, 0.29) is 12.1 Å². The molecule has 28 heavy (non-hydrogen) atoms. The molecule has 1 fully saturated rings. The van der Waals surface area contributed by atoms with Gasteiger partial charge in [-0.1, -0.05) is 12.1 Å². The topological polar surface area (TPSA) is 67.8 Å². The highest BCUT2D eigenvalue weighted by atomic mass is 16.6. The van der Waals surface area contributed by atoms with Crippen LogP contribution < -0.4 is 9.64 Å². The highest BCUT2D eigenvalue weighted by molar-refractivity contribution is 5.77. The molecule has 1 saturated heterocycles. The van der Waals surface area contributed by atoms with Gasteiger partial charge in [0.2, 0.25) is 0 Å². The van der Waals surface area contributed by atoms with Gasteiger partial charge in [-0.05, 0) is 52.7 Å².